The van der Waals surface area contributed by atoms with E-state index in [1.54, 1.807) is 24.3 Å². The molecule has 8 nitrogen and oxygen atoms in total. The van der Waals surface area contributed by atoms with Gasteiger partial charge in [0.15, 0.2) is 0 Å². The standard InChI is InChI=1S/C30H36FN3O5S/c1-5-22(2)32-30(36)28(19-23-12-7-6-8-13-23)33(20-24-14-11-15-25(18-24)39-3)29(35)21-34(40(4,37)38)27-17-10-9-16-26(27)31/h6-18,22,28H,5,19-21H2,1-4H3,(H,32,36)/t22-,28-/m0/s1. The molecular formula is C30H36FN3O5S. The van der Waals surface area contributed by atoms with Gasteiger partial charge < -0.3 is 15.0 Å². The number of nitrogens with one attached hydrogen (secondary N) is 1. The number of carbonyl (C=O) groups excluding carboxylic acids is 2. The summed E-state index contributed by atoms with van der Waals surface area (Å²) in [6, 6.07) is 20.6. The van der Waals surface area contributed by atoms with E-state index in [2.05, 4.69) is 5.32 Å². The van der Waals surface area contributed by atoms with E-state index >= 15 is 0 Å². The summed E-state index contributed by atoms with van der Waals surface area (Å²) in [5.41, 5.74) is 1.26. The Bertz CT molecular complexity index is 1400. The second-order valence-electron chi connectivity index (χ2n) is 9.62. The molecule has 0 saturated carbocycles. The van der Waals surface area contributed by atoms with Gasteiger partial charge in [0.05, 0.1) is 19.1 Å². The first kappa shape index (κ1) is 30.6. The summed E-state index contributed by atoms with van der Waals surface area (Å²) < 4.78 is 46.3. The first-order valence-electron chi connectivity index (χ1n) is 13.0. The predicted molar refractivity (Wildman–Crippen MR) is 154 cm³/mol. The minimum atomic E-state index is -4.06. The number of rotatable bonds is 13. The normalized spacial score (nSPS) is 12.7. The molecule has 0 aromatic heterocycles. The highest BCUT2D eigenvalue weighted by Crippen LogP contribution is 2.23. The Morgan fingerprint density at radius 2 is 1.62 bits per heavy atom. The van der Waals surface area contributed by atoms with Crippen LogP contribution < -0.4 is 14.4 Å². The number of ether oxygens (including phenoxy) is 1. The molecule has 0 aliphatic carbocycles. The molecule has 10 heteroatoms. The molecule has 3 rings (SSSR count). The Hall–Kier alpha value is -3.92. The van der Waals surface area contributed by atoms with E-state index in [0.29, 0.717) is 17.7 Å². The maximum Gasteiger partial charge on any atom is 0.244 e. The van der Waals surface area contributed by atoms with E-state index in [1.807, 2.05) is 44.2 Å². The maximum atomic E-state index is 14.7. The smallest absolute Gasteiger partial charge is 0.244 e. The fourth-order valence-electron chi connectivity index (χ4n) is 4.21. The summed E-state index contributed by atoms with van der Waals surface area (Å²) in [6.07, 6.45) is 1.79. The molecule has 0 aliphatic heterocycles. The highest BCUT2D eigenvalue weighted by molar-refractivity contribution is 7.92. The second-order valence-corrected chi connectivity index (χ2v) is 11.5. The van der Waals surface area contributed by atoms with Crippen LogP contribution in [0.2, 0.25) is 0 Å². The van der Waals surface area contributed by atoms with Gasteiger partial charge in [0.1, 0.15) is 24.2 Å². The summed E-state index contributed by atoms with van der Waals surface area (Å²) in [4.78, 5) is 29.0. The number of para-hydroxylation sites is 1. The number of hydrogen-bond acceptors (Lipinski definition) is 5. The molecule has 40 heavy (non-hydrogen) atoms. The lowest BCUT2D eigenvalue weighted by Gasteiger charge is -2.34. The Balaban J connectivity index is 2.08. The van der Waals surface area contributed by atoms with Crippen molar-refractivity contribution in [3.8, 4) is 5.75 Å². The summed E-state index contributed by atoms with van der Waals surface area (Å²) in [5.74, 6) is -1.24. The molecule has 0 spiro atoms. The molecule has 0 heterocycles. The molecule has 0 unspecified atom stereocenters. The van der Waals surface area contributed by atoms with Gasteiger partial charge in [-0.1, -0.05) is 61.5 Å². The highest BCUT2D eigenvalue weighted by Gasteiger charge is 2.34. The van der Waals surface area contributed by atoms with Crippen molar-refractivity contribution >= 4 is 27.5 Å². The molecule has 2 amide bonds. The average Bonchev–Trinajstić information content (AvgIpc) is 2.93. The second kappa shape index (κ2) is 13.9. The third-order valence-corrected chi connectivity index (χ3v) is 7.69. The van der Waals surface area contributed by atoms with Gasteiger partial charge in [-0.3, -0.25) is 13.9 Å². The zero-order valence-corrected chi connectivity index (χ0v) is 24.0. The molecular weight excluding hydrogens is 533 g/mol. The molecule has 3 aromatic carbocycles. The van der Waals surface area contributed by atoms with Gasteiger partial charge in [-0.05, 0) is 48.7 Å². The lowest BCUT2D eigenvalue weighted by molar-refractivity contribution is -0.140. The molecule has 214 valence electrons. The predicted octanol–water partition coefficient (Wildman–Crippen LogP) is 4.16. The van der Waals surface area contributed by atoms with E-state index in [4.69, 9.17) is 4.74 Å². The van der Waals surface area contributed by atoms with Crippen LogP contribution in [-0.2, 0) is 32.6 Å². The summed E-state index contributed by atoms with van der Waals surface area (Å²) in [7, 11) is -2.53. The first-order chi connectivity index (χ1) is 19.0. The molecule has 0 bridgehead atoms. The van der Waals surface area contributed by atoms with Crippen LogP contribution in [0.3, 0.4) is 0 Å². The van der Waals surface area contributed by atoms with Crippen LogP contribution in [0.1, 0.15) is 31.4 Å². The zero-order valence-electron chi connectivity index (χ0n) is 23.2. The minimum Gasteiger partial charge on any atom is -0.497 e. The van der Waals surface area contributed by atoms with Crippen molar-refractivity contribution in [2.45, 2.75) is 45.3 Å². The molecule has 1 N–H and O–H groups in total. The first-order valence-corrected chi connectivity index (χ1v) is 14.9. The number of hydrogen-bond donors (Lipinski definition) is 1. The van der Waals surface area contributed by atoms with E-state index in [9.17, 15) is 22.4 Å². The number of methoxy groups -OCH3 is 1. The number of nitrogens with zero attached hydrogens (tertiary/aromatic N) is 2. The van der Waals surface area contributed by atoms with Crippen LogP contribution >= 0.6 is 0 Å². The van der Waals surface area contributed by atoms with E-state index in [0.717, 1.165) is 22.2 Å². The fraction of sp³-hybridized carbons (Fsp3) is 0.333. The topological polar surface area (TPSA) is 96.0 Å². The number of anilines is 1. The number of halogens is 1. The van der Waals surface area contributed by atoms with Gasteiger partial charge in [-0.15, -0.1) is 0 Å². The zero-order chi connectivity index (χ0) is 29.3. The van der Waals surface area contributed by atoms with Crippen LogP contribution in [0.5, 0.6) is 5.75 Å². The summed E-state index contributed by atoms with van der Waals surface area (Å²) >= 11 is 0. The van der Waals surface area contributed by atoms with Crippen LogP contribution in [0.25, 0.3) is 0 Å². The quantitative estimate of drug-likeness (QED) is 0.334. The molecule has 0 radical (unpaired) electrons. The van der Waals surface area contributed by atoms with Crippen LogP contribution in [0.4, 0.5) is 10.1 Å². The van der Waals surface area contributed by atoms with Crippen molar-refractivity contribution in [2.75, 3.05) is 24.2 Å². The van der Waals surface area contributed by atoms with Crippen molar-refractivity contribution in [1.82, 2.24) is 10.2 Å². The molecule has 0 aliphatic rings. The van der Waals surface area contributed by atoms with Gasteiger partial charge in [0, 0.05) is 19.0 Å². The summed E-state index contributed by atoms with van der Waals surface area (Å²) in [6.45, 7) is 3.12. The Morgan fingerprint density at radius 3 is 2.25 bits per heavy atom. The van der Waals surface area contributed by atoms with Crippen LogP contribution in [0, 0.1) is 5.82 Å². The van der Waals surface area contributed by atoms with Gasteiger partial charge in [0.25, 0.3) is 0 Å². The van der Waals surface area contributed by atoms with Crippen LogP contribution in [-0.4, -0.2) is 57.1 Å². The SMILES string of the molecule is CC[C@H](C)NC(=O)[C@H](Cc1ccccc1)N(Cc1cccc(OC)c1)C(=O)CN(c1ccccc1F)S(C)(=O)=O. The third-order valence-electron chi connectivity index (χ3n) is 6.56. The third kappa shape index (κ3) is 8.29. The van der Waals surface area contributed by atoms with Crippen molar-refractivity contribution in [1.29, 1.82) is 0 Å². The number of sulfonamides is 1. The van der Waals surface area contributed by atoms with Gasteiger partial charge in [-0.25, -0.2) is 12.8 Å². The summed E-state index contributed by atoms with van der Waals surface area (Å²) in [5, 5.41) is 2.97. The lowest BCUT2D eigenvalue weighted by Crippen LogP contribution is -2.54. The van der Waals surface area contributed by atoms with Gasteiger partial charge in [-0.2, -0.15) is 0 Å². The monoisotopic (exact) mass is 569 g/mol. The van der Waals surface area contributed by atoms with Gasteiger partial charge >= 0.3 is 0 Å². The average molecular weight is 570 g/mol. The number of benzene rings is 3. The van der Waals surface area contributed by atoms with Crippen molar-refractivity contribution in [3.05, 3.63) is 95.8 Å². The largest absolute Gasteiger partial charge is 0.497 e. The van der Waals surface area contributed by atoms with E-state index < -0.39 is 34.3 Å². The van der Waals surface area contributed by atoms with Gasteiger partial charge in [0.2, 0.25) is 21.8 Å². The molecule has 2 atom stereocenters. The van der Waals surface area contributed by atoms with E-state index in [1.165, 1.54) is 30.2 Å². The number of carbonyl (C=O) groups is 2. The van der Waals surface area contributed by atoms with Crippen molar-refractivity contribution < 1.29 is 27.1 Å². The minimum absolute atomic E-state index is 0.00364. The molecule has 3 aromatic rings. The Kier molecular flexibility index (Phi) is 10.7. The van der Waals surface area contributed by atoms with Crippen LogP contribution in [0.15, 0.2) is 78.9 Å². The lowest BCUT2D eigenvalue weighted by atomic mass is 10.0. The molecule has 0 fully saturated rings. The fourth-order valence-corrected chi connectivity index (χ4v) is 5.06. The highest BCUT2D eigenvalue weighted by atomic mass is 32.2. The van der Waals surface area contributed by atoms with E-state index in [-0.39, 0.29) is 30.6 Å². The van der Waals surface area contributed by atoms with Crippen molar-refractivity contribution in [3.63, 3.8) is 0 Å². The molecule has 0 saturated heterocycles. The Morgan fingerprint density at radius 1 is 0.975 bits per heavy atom. The number of amides is 2. The Labute approximate surface area is 235 Å². The maximum absolute atomic E-state index is 14.7. The van der Waals surface area contributed by atoms with Crippen molar-refractivity contribution in [2.24, 2.45) is 0 Å².